The average molecular weight is 269 g/mol. The molecule has 0 aromatic rings. The summed E-state index contributed by atoms with van der Waals surface area (Å²) in [6.07, 6.45) is 9.10. The maximum absolute atomic E-state index is 6.68. The van der Waals surface area contributed by atoms with E-state index in [1.807, 2.05) is 0 Å². The first-order chi connectivity index (χ1) is 8.64. The molecule has 0 amide bonds. The van der Waals surface area contributed by atoms with E-state index >= 15 is 0 Å². The van der Waals surface area contributed by atoms with Crippen LogP contribution in [0.5, 0.6) is 0 Å². The van der Waals surface area contributed by atoms with Gasteiger partial charge in [0.1, 0.15) is 0 Å². The normalized spacial score (nSPS) is 41.3. The molecule has 1 saturated carbocycles. The minimum absolute atomic E-state index is 0.195. The number of thioether (sulfide) groups is 1. The fourth-order valence-corrected chi connectivity index (χ4v) is 5.70. The van der Waals surface area contributed by atoms with Gasteiger partial charge in [-0.3, -0.25) is 0 Å². The number of hydrogen-bond donors (Lipinski definition) is 1. The zero-order valence-corrected chi connectivity index (χ0v) is 12.4. The molecule has 2 nitrogen and oxygen atoms in total. The maximum atomic E-state index is 6.68. The van der Waals surface area contributed by atoms with Gasteiger partial charge in [-0.2, -0.15) is 11.8 Å². The van der Waals surface area contributed by atoms with Crippen molar-refractivity contribution in [3.8, 4) is 0 Å². The van der Waals surface area contributed by atoms with Gasteiger partial charge in [-0.25, -0.2) is 0 Å². The summed E-state index contributed by atoms with van der Waals surface area (Å²) in [4.78, 5) is 0. The third kappa shape index (κ3) is 2.34. The largest absolute Gasteiger partial charge is 0.374 e. The first kappa shape index (κ1) is 13.3. The average Bonchev–Trinajstić information content (AvgIpc) is 2.99. The second kappa shape index (κ2) is 4.99. The SMILES string of the molecule is CC1(C(N)C2CCOC3(CCSC3)C2)CCCC1. The summed E-state index contributed by atoms with van der Waals surface area (Å²) < 4.78 is 6.13. The van der Waals surface area contributed by atoms with Crippen LogP contribution < -0.4 is 5.73 Å². The van der Waals surface area contributed by atoms with Crippen molar-refractivity contribution in [2.45, 2.75) is 63.5 Å². The van der Waals surface area contributed by atoms with E-state index in [2.05, 4.69) is 18.7 Å². The third-order valence-corrected chi connectivity index (χ3v) is 6.88. The summed E-state index contributed by atoms with van der Waals surface area (Å²) in [6.45, 7) is 3.37. The molecule has 2 saturated heterocycles. The van der Waals surface area contributed by atoms with Crippen LogP contribution in [0.15, 0.2) is 0 Å². The molecule has 104 valence electrons. The monoisotopic (exact) mass is 269 g/mol. The smallest absolute Gasteiger partial charge is 0.0783 e. The molecule has 2 aliphatic heterocycles. The van der Waals surface area contributed by atoms with Gasteiger partial charge in [0, 0.05) is 18.4 Å². The minimum atomic E-state index is 0.195. The lowest BCUT2D eigenvalue weighted by Crippen LogP contribution is -2.50. The first-order valence-electron chi connectivity index (χ1n) is 7.61. The molecule has 3 atom stereocenters. The molecule has 1 spiro atoms. The Bertz CT molecular complexity index is 285. The predicted octanol–water partition coefficient (Wildman–Crippen LogP) is 3.20. The highest BCUT2D eigenvalue weighted by Crippen LogP contribution is 2.47. The van der Waals surface area contributed by atoms with Crippen LogP contribution in [0.25, 0.3) is 0 Å². The van der Waals surface area contributed by atoms with Crippen molar-refractivity contribution in [2.24, 2.45) is 17.1 Å². The number of hydrogen-bond acceptors (Lipinski definition) is 3. The van der Waals surface area contributed by atoms with E-state index < -0.39 is 0 Å². The third-order valence-electron chi connectivity index (χ3n) is 5.66. The van der Waals surface area contributed by atoms with Crippen LogP contribution in [0.4, 0.5) is 0 Å². The highest BCUT2D eigenvalue weighted by molar-refractivity contribution is 7.99. The molecule has 2 heterocycles. The van der Waals surface area contributed by atoms with Crippen LogP contribution in [0.2, 0.25) is 0 Å². The van der Waals surface area contributed by atoms with E-state index in [4.69, 9.17) is 10.5 Å². The Kier molecular flexibility index (Phi) is 3.68. The summed E-state index contributed by atoms with van der Waals surface area (Å²) in [7, 11) is 0. The highest BCUT2D eigenvalue weighted by Gasteiger charge is 2.46. The van der Waals surface area contributed by atoms with E-state index in [1.54, 1.807) is 0 Å². The molecule has 3 heteroatoms. The van der Waals surface area contributed by atoms with Crippen molar-refractivity contribution in [3.05, 3.63) is 0 Å². The Labute approximate surface area is 115 Å². The molecule has 3 aliphatic rings. The van der Waals surface area contributed by atoms with Gasteiger partial charge in [0.2, 0.25) is 0 Å². The molecule has 3 fully saturated rings. The van der Waals surface area contributed by atoms with Gasteiger partial charge >= 0.3 is 0 Å². The van der Waals surface area contributed by atoms with E-state index in [-0.39, 0.29) is 5.60 Å². The van der Waals surface area contributed by atoms with Crippen molar-refractivity contribution < 1.29 is 4.74 Å². The number of ether oxygens (including phenoxy) is 1. The standard InChI is InChI=1S/C15H27NOS/c1-14(5-2-3-6-14)13(16)12-4-8-17-15(10-12)7-9-18-11-15/h12-13H,2-11,16H2,1H3. The molecule has 3 unspecified atom stereocenters. The van der Waals surface area contributed by atoms with E-state index in [9.17, 15) is 0 Å². The molecule has 0 bridgehead atoms. The Morgan fingerprint density at radius 3 is 2.72 bits per heavy atom. The predicted molar refractivity (Wildman–Crippen MR) is 77.9 cm³/mol. The fraction of sp³-hybridized carbons (Fsp3) is 1.00. The Morgan fingerprint density at radius 1 is 1.28 bits per heavy atom. The lowest BCUT2D eigenvalue weighted by Gasteiger charge is -2.44. The molecule has 0 aromatic carbocycles. The van der Waals surface area contributed by atoms with Gasteiger partial charge in [-0.15, -0.1) is 0 Å². The first-order valence-corrected chi connectivity index (χ1v) is 8.76. The zero-order valence-electron chi connectivity index (χ0n) is 11.6. The summed E-state index contributed by atoms with van der Waals surface area (Å²) in [5.41, 5.74) is 7.28. The molecule has 3 rings (SSSR count). The van der Waals surface area contributed by atoms with Gasteiger partial charge in [-0.1, -0.05) is 19.8 Å². The maximum Gasteiger partial charge on any atom is 0.0783 e. The highest BCUT2D eigenvalue weighted by atomic mass is 32.2. The van der Waals surface area contributed by atoms with Crippen LogP contribution in [0.1, 0.15) is 51.9 Å². The summed E-state index contributed by atoms with van der Waals surface area (Å²) in [5, 5.41) is 0. The second-order valence-electron chi connectivity index (χ2n) is 6.97. The summed E-state index contributed by atoms with van der Waals surface area (Å²) in [5.74, 6) is 3.17. The summed E-state index contributed by atoms with van der Waals surface area (Å²) in [6, 6.07) is 0.395. The van der Waals surface area contributed by atoms with Gasteiger partial charge in [-0.05, 0) is 49.2 Å². The van der Waals surface area contributed by atoms with Gasteiger partial charge in [0.05, 0.1) is 5.60 Å². The zero-order chi connectivity index (χ0) is 12.6. The Balaban J connectivity index is 1.68. The quantitative estimate of drug-likeness (QED) is 0.836. The Hall–Kier alpha value is 0.270. The van der Waals surface area contributed by atoms with Gasteiger partial charge in [0.25, 0.3) is 0 Å². The number of nitrogens with two attached hydrogens (primary N) is 1. The molecule has 0 aromatic heterocycles. The lowest BCUT2D eigenvalue weighted by atomic mass is 9.70. The lowest BCUT2D eigenvalue weighted by molar-refractivity contribution is -0.0897. The van der Waals surface area contributed by atoms with E-state index in [0.717, 1.165) is 6.61 Å². The van der Waals surface area contributed by atoms with Crippen molar-refractivity contribution in [3.63, 3.8) is 0 Å². The topological polar surface area (TPSA) is 35.2 Å². The van der Waals surface area contributed by atoms with Crippen molar-refractivity contribution in [2.75, 3.05) is 18.1 Å². The van der Waals surface area contributed by atoms with Crippen molar-refractivity contribution in [1.82, 2.24) is 0 Å². The fourth-order valence-electron chi connectivity index (χ4n) is 4.32. The molecule has 1 aliphatic carbocycles. The molecule has 2 N–H and O–H groups in total. The van der Waals surface area contributed by atoms with Crippen molar-refractivity contribution >= 4 is 11.8 Å². The van der Waals surface area contributed by atoms with E-state index in [0.29, 0.717) is 17.4 Å². The second-order valence-corrected chi connectivity index (χ2v) is 8.08. The van der Waals surface area contributed by atoms with Crippen LogP contribution in [0, 0.1) is 11.3 Å². The number of rotatable bonds is 2. The Morgan fingerprint density at radius 2 is 2.06 bits per heavy atom. The van der Waals surface area contributed by atoms with Crippen LogP contribution in [0.3, 0.4) is 0 Å². The van der Waals surface area contributed by atoms with Crippen LogP contribution in [-0.2, 0) is 4.74 Å². The van der Waals surface area contributed by atoms with Crippen LogP contribution in [-0.4, -0.2) is 29.8 Å². The van der Waals surface area contributed by atoms with Crippen LogP contribution >= 0.6 is 11.8 Å². The van der Waals surface area contributed by atoms with Gasteiger partial charge < -0.3 is 10.5 Å². The van der Waals surface area contributed by atoms with E-state index in [1.165, 1.54) is 56.5 Å². The molecule has 0 radical (unpaired) electrons. The molecule has 18 heavy (non-hydrogen) atoms. The van der Waals surface area contributed by atoms with Gasteiger partial charge in [0.15, 0.2) is 0 Å². The minimum Gasteiger partial charge on any atom is -0.374 e. The molecular formula is C15H27NOS. The molecular weight excluding hydrogens is 242 g/mol. The summed E-state index contributed by atoms with van der Waals surface area (Å²) >= 11 is 2.06. The van der Waals surface area contributed by atoms with Crippen molar-refractivity contribution in [1.29, 1.82) is 0 Å².